The SMILES string of the molecule is CCCCCCCCCCCCC#CC(CCCCC(=O)O)SCC(NC(=O)C(F)(F)F)C(C)=O. The second-order valence-electron chi connectivity index (χ2n) is 8.85. The second-order valence-corrected chi connectivity index (χ2v) is 10.1. The number of hydrogen-bond acceptors (Lipinski definition) is 4. The van der Waals surface area contributed by atoms with E-state index in [1.165, 1.54) is 63.1 Å². The smallest absolute Gasteiger partial charge is 0.471 e. The summed E-state index contributed by atoms with van der Waals surface area (Å²) in [7, 11) is 0. The maximum absolute atomic E-state index is 12.5. The Hall–Kier alpha value is -1.69. The van der Waals surface area contributed by atoms with Gasteiger partial charge in [0.05, 0.1) is 11.3 Å². The van der Waals surface area contributed by atoms with Crippen LogP contribution in [0.2, 0.25) is 0 Å². The van der Waals surface area contributed by atoms with Gasteiger partial charge < -0.3 is 10.4 Å². The molecule has 0 aliphatic heterocycles. The minimum atomic E-state index is -5.05. The van der Waals surface area contributed by atoms with Gasteiger partial charge in [-0.3, -0.25) is 14.4 Å². The number of ketones is 1. The number of rotatable bonds is 20. The van der Waals surface area contributed by atoms with Gasteiger partial charge in [-0.1, -0.05) is 77.1 Å². The van der Waals surface area contributed by atoms with Gasteiger partial charge in [-0.05, 0) is 26.2 Å². The zero-order chi connectivity index (χ0) is 26.5. The standard InChI is InChI=1S/C26H42F3NO4S/c1-3-4-5-6-7-8-9-10-11-12-13-14-17-22(18-15-16-19-24(32)33)35-20-23(21(2)31)30-25(34)26(27,28)29/h22-23H,3-13,15-16,18-20H2,1-2H3,(H,30,34)(H,32,33). The first-order chi connectivity index (χ1) is 16.6. The zero-order valence-electron chi connectivity index (χ0n) is 21.2. The van der Waals surface area contributed by atoms with Crippen LogP contribution in [0.3, 0.4) is 0 Å². The van der Waals surface area contributed by atoms with E-state index >= 15 is 0 Å². The Labute approximate surface area is 212 Å². The molecule has 0 aromatic carbocycles. The molecule has 0 aromatic rings. The molecule has 1 amide bonds. The van der Waals surface area contributed by atoms with Crippen molar-refractivity contribution in [2.24, 2.45) is 0 Å². The molecule has 0 fully saturated rings. The first kappa shape index (κ1) is 33.3. The van der Waals surface area contributed by atoms with Gasteiger partial charge in [0, 0.05) is 18.6 Å². The summed E-state index contributed by atoms with van der Waals surface area (Å²) in [5.74, 6) is 2.68. The fourth-order valence-corrected chi connectivity index (χ4v) is 4.65. The first-order valence-electron chi connectivity index (χ1n) is 12.8. The van der Waals surface area contributed by atoms with Crippen LogP contribution >= 0.6 is 11.8 Å². The Kier molecular flexibility index (Phi) is 19.5. The van der Waals surface area contributed by atoms with Gasteiger partial charge in [0.1, 0.15) is 0 Å². The van der Waals surface area contributed by atoms with Crippen molar-refractivity contribution in [3.63, 3.8) is 0 Å². The van der Waals surface area contributed by atoms with Crippen LogP contribution < -0.4 is 5.32 Å². The molecule has 2 unspecified atom stereocenters. The second kappa shape index (κ2) is 20.5. The van der Waals surface area contributed by atoms with Gasteiger partial charge in [0.25, 0.3) is 0 Å². The van der Waals surface area contributed by atoms with Crippen molar-refractivity contribution in [1.82, 2.24) is 5.32 Å². The monoisotopic (exact) mass is 521 g/mol. The number of unbranched alkanes of at least 4 members (excludes halogenated alkanes) is 11. The molecule has 0 spiro atoms. The van der Waals surface area contributed by atoms with Crippen molar-refractivity contribution in [2.75, 3.05) is 5.75 Å². The number of thioether (sulfide) groups is 1. The normalized spacial score (nSPS) is 12.9. The van der Waals surface area contributed by atoms with Gasteiger partial charge in [-0.25, -0.2) is 0 Å². The number of carbonyl (C=O) groups excluding carboxylic acids is 2. The highest BCUT2D eigenvalue weighted by Gasteiger charge is 2.40. The largest absolute Gasteiger partial charge is 0.481 e. The van der Waals surface area contributed by atoms with Crippen LogP contribution in [0, 0.1) is 11.8 Å². The summed E-state index contributed by atoms with van der Waals surface area (Å²) in [5, 5.41) is 10.3. The van der Waals surface area contributed by atoms with E-state index in [0.717, 1.165) is 26.2 Å². The minimum Gasteiger partial charge on any atom is -0.481 e. The molecule has 0 saturated heterocycles. The van der Waals surface area contributed by atoms with E-state index in [-0.39, 0.29) is 17.4 Å². The van der Waals surface area contributed by atoms with Crippen LogP contribution in [0.15, 0.2) is 0 Å². The predicted octanol–water partition coefficient (Wildman–Crippen LogP) is 6.68. The van der Waals surface area contributed by atoms with E-state index < -0.39 is 29.9 Å². The zero-order valence-corrected chi connectivity index (χ0v) is 22.0. The number of amides is 1. The number of nitrogens with one attached hydrogen (secondary N) is 1. The van der Waals surface area contributed by atoms with E-state index in [0.29, 0.717) is 19.3 Å². The third-order valence-electron chi connectivity index (χ3n) is 5.54. The molecular formula is C26H42F3NO4S. The molecule has 2 N–H and O–H groups in total. The molecule has 2 atom stereocenters. The van der Waals surface area contributed by atoms with Crippen LogP contribution in [-0.2, 0) is 14.4 Å². The minimum absolute atomic E-state index is 0.0202. The maximum atomic E-state index is 12.5. The van der Waals surface area contributed by atoms with Crippen LogP contribution in [-0.4, -0.2) is 46.0 Å². The fraction of sp³-hybridized carbons (Fsp3) is 0.808. The number of carbonyl (C=O) groups is 3. The predicted molar refractivity (Wildman–Crippen MR) is 135 cm³/mol. The van der Waals surface area contributed by atoms with Crippen molar-refractivity contribution in [2.45, 2.75) is 128 Å². The average Bonchev–Trinajstić information content (AvgIpc) is 2.78. The van der Waals surface area contributed by atoms with E-state index in [9.17, 15) is 27.6 Å². The molecule has 0 rings (SSSR count). The summed E-state index contributed by atoms with van der Waals surface area (Å²) in [4.78, 5) is 33.7. The fourth-order valence-electron chi connectivity index (χ4n) is 3.40. The van der Waals surface area contributed by atoms with Crippen molar-refractivity contribution in [3.8, 4) is 11.8 Å². The number of aliphatic carboxylic acids is 1. The summed E-state index contributed by atoms with van der Waals surface area (Å²) in [6.07, 6.45) is 9.66. The molecule has 0 saturated carbocycles. The molecule has 0 aliphatic rings. The lowest BCUT2D eigenvalue weighted by molar-refractivity contribution is -0.174. The number of carboxylic acid groups (broad SMARTS) is 1. The molecule has 35 heavy (non-hydrogen) atoms. The summed E-state index contributed by atoms with van der Waals surface area (Å²) >= 11 is 1.23. The van der Waals surface area contributed by atoms with Crippen LogP contribution in [0.1, 0.15) is 110 Å². The van der Waals surface area contributed by atoms with Crippen molar-refractivity contribution < 1.29 is 32.7 Å². The average molecular weight is 522 g/mol. The number of carboxylic acids is 1. The third-order valence-corrected chi connectivity index (χ3v) is 6.82. The van der Waals surface area contributed by atoms with E-state index in [1.807, 2.05) is 0 Å². The molecule has 0 bridgehead atoms. The van der Waals surface area contributed by atoms with Crippen LogP contribution in [0.25, 0.3) is 0 Å². The molecule has 0 heterocycles. The number of halogens is 3. The lowest BCUT2D eigenvalue weighted by Gasteiger charge is -2.18. The van der Waals surface area contributed by atoms with E-state index in [1.54, 1.807) is 5.32 Å². The Bertz CT molecular complexity index is 674. The van der Waals surface area contributed by atoms with Crippen molar-refractivity contribution >= 4 is 29.4 Å². The highest BCUT2D eigenvalue weighted by atomic mass is 32.2. The van der Waals surface area contributed by atoms with E-state index in [4.69, 9.17) is 5.11 Å². The Balaban J connectivity index is 4.53. The third kappa shape index (κ3) is 20.2. The summed E-state index contributed by atoms with van der Waals surface area (Å²) in [6.45, 7) is 3.35. The Morgan fingerprint density at radius 1 is 0.914 bits per heavy atom. The lowest BCUT2D eigenvalue weighted by atomic mass is 10.1. The maximum Gasteiger partial charge on any atom is 0.471 e. The topological polar surface area (TPSA) is 83.5 Å². The highest BCUT2D eigenvalue weighted by molar-refractivity contribution is 8.00. The molecule has 202 valence electrons. The van der Waals surface area contributed by atoms with Gasteiger partial charge in [-0.2, -0.15) is 13.2 Å². The summed E-state index contributed by atoms with van der Waals surface area (Å²) in [6, 6.07) is -1.25. The summed E-state index contributed by atoms with van der Waals surface area (Å²) in [5.41, 5.74) is 0. The van der Waals surface area contributed by atoms with Gasteiger partial charge in [-0.15, -0.1) is 17.7 Å². The highest BCUT2D eigenvalue weighted by Crippen LogP contribution is 2.21. The Morgan fingerprint density at radius 2 is 1.49 bits per heavy atom. The number of hydrogen-bond donors (Lipinski definition) is 2. The van der Waals surface area contributed by atoms with Gasteiger partial charge in [0.2, 0.25) is 0 Å². The Morgan fingerprint density at radius 3 is 2.00 bits per heavy atom. The molecule has 5 nitrogen and oxygen atoms in total. The molecular weight excluding hydrogens is 479 g/mol. The summed E-state index contributed by atoms with van der Waals surface area (Å²) < 4.78 is 37.6. The van der Waals surface area contributed by atoms with Gasteiger partial charge in [0.15, 0.2) is 5.78 Å². The first-order valence-corrected chi connectivity index (χ1v) is 13.8. The van der Waals surface area contributed by atoms with Crippen LogP contribution in [0.4, 0.5) is 13.2 Å². The van der Waals surface area contributed by atoms with E-state index in [2.05, 4.69) is 18.8 Å². The van der Waals surface area contributed by atoms with Crippen molar-refractivity contribution in [1.29, 1.82) is 0 Å². The molecule has 9 heteroatoms. The number of alkyl halides is 3. The van der Waals surface area contributed by atoms with Crippen molar-refractivity contribution in [3.05, 3.63) is 0 Å². The number of Topliss-reactive ketones (excluding diaryl/α,β-unsaturated/α-hetero) is 1. The van der Waals surface area contributed by atoms with Crippen LogP contribution in [0.5, 0.6) is 0 Å². The lowest BCUT2D eigenvalue weighted by Crippen LogP contribution is -2.47. The van der Waals surface area contributed by atoms with Gasteiger partial charge >= 0.3 is 18.1 Å². The molecule has 0 aromatic heterocycles. The molecule has 0 aliphatic carbocycles. The molecule has 0 radical (unpaired) electrons. The quantitative estimate of drug-likeness (QED) is 0.138.